The first-order valence-electron chi connectivity index (χ1n) is 6.67. The molecule has 0 saturated heterocycles. The molecule has 0 radical (unpaired) electrons. The lowest BCUT2D eigenvalue weighted by atomic mass is 10.1. The zero-order valence-electron chi connectivity index (χ0n) is 11.8. The molecule has 0 fully saturated rings. The van der Waals surface area contributed by atoms with E-state index in [-0.39, 0.29) is 12.1 Å². The van der Waals surface area contributed by atoms with Crippen LogP contribution < -0.4 is 10.6 Å². The van der Waals surface area contributed by atoms with Crippen molar-refractivity contribution in [1.29, 1.82) is 0 Å². The highest BCUT2D eigenvalue weighted by molar-refractivity contribution is 7.07. The van der Waals surface area contributed by atoms with Gasteiger partial charge in [-0.05, 0) is 35.4 Å². The maximum absolute atomic E-state index is 13.6. The molecule has 1 aromatic carbocycles. The third-order valence-electron chi connectivity index (χ3n) is 3.18. The number of halogens is 2. The molecule has 1 heterocycles. The SMILES string of the molecule is CC(NC(=O)NCC(O)c1ccsc1)c1cccc(F)c1F. The van der Waals surface area contributed by atoms with Crippen LogP contribution in [0.4, 0.5) is 13.6 Å². The second kappa shape index (κ2) is 7.33. The Morgan fingerprint density at radius 2 is 2.14 bits per heavy atom. The van der Waals surface area contributed by atoms with Crippen molar-refractivity contribution in [2.75, 3.05) is 6.54 Å². The zero-order chi connectivity index (χ0) is 16.1. The van der Waals surface area contributed by atoms with Crippen LogP contribution in [-0.4, -0.2) is 17.7 Å². The fourth-order valence-corrected chi connectivity index (χ4v) is 2.66. The molecule has 0 spiro atoms. The Bertz CT molecular complexity index is 634. The van der Waals surface area contributed by atoms with Crippen molar-refractivity contribution in [2.45, 2.75) is 19.1 Å². The minimum absolute atomic E-state index is 0.0287. The Balaban J connectivity index is 1.87. The highest BCUT2D eigenvalue weighted by atomic mass is 32.1. The number of carbonyl (C=O) groups excluding carboxylic acids is 1. The molecule has 3 N–H and O–H groups in total. The molecule has 0 bridgehead atoms. The van der Waals surface area contributed by atoms with Gasteiger partial charge in [-0.2, -0.15) is 11.3 Å². The number of benzene rings is 1. The average molecular weight is 326 g/mol. The number of rotatable bonds is 5. The second-order valence-corrected chi connectivity index (χ2v) is 5.57. The third kappa shape index (κ3) is 4.02. The number of carbonyl (C=O) groups is 1. The van der Waals surface area contributed by atoms with Gasteiger partial charge in [0.25, 0.3) is 0 Å². The van der Waals surface area contributed by atoms with E-state index in [1.54, 1.807) is 18.4 Å². The number of aliphatic hydroxyl groups is 1. The molecule has 22 heavy (non-hydrogen) atoms. The van der Waals surface area contributed by atoms with Gasteiger partial charge in [0.1, 0.15) is 0 Å². The Labute approximate surface area is 130 Å². The predicted octanol–water partition coefficient (Wildman–Crippen LogP) is 3.12. The van der Waals surface area contributed by atoms with Gasteiger partial charge in [0.2, 0.25) is 0 Å². The largest absolute Gasteiger partial charge is 0.387 e. The molecule has 2 aromatic rings. The van der Waals surface area contributed by atoms with E-state index in [1.165, 1.54) is 23.5 Å². The highest BCUT2D eigenvalue weighted by Gasteiger charge is 2.17. The van der Waals surface area contributed by atoms with Gasteiger partial charge in [-0.3, -0.25) is 0 Å². The van der Waals surface area contributed by atoms with Crippen LogP contribution >= 0.6 is 11.3 Å². The number of aliphatic hydroxyl groups excluding tert-OH is 1. The van der Waals surface area contributed by atoms with E-state index in [9.17, 15) is 18.7 Å². The van der Waals surface area contributed by atoms with Gasteiger partial charge in [-0.15, -0.1) is 0 Å². The molecule has 0 saturated carbocycles. The minimum atomic E-state index is -0.978. The summed E-state index contributed by atoms with van der Waals surface area (Å²) in [6, 6.07) is 4.30. The van der Waals surface area contributed by atoms with Crippen LogP contribution in [0.3, 0.4) is 0 Å². The van der Waals surface area contributed by atoms with Crippen LogP contribution in [0.1, 0.15) is 30.2 Å². The van der Waals surface area contributed by atoms with Crippen LogP contribution in [0, 0.1) is 11.6 Å². The molecule has 0 aliphatic heterocycles. The molecule has 1 aromatic heterocycles. The fraction of sp³-hybridized carbons (Fsp3) is 0.267. The van der Waals surface area contributed by atoms with E-state index in [1.807, 2.05) is 5.38 Å². The summed E-state index contributed by atoms with van der Waals surface area (Å²) < 4.78 is 26.8. The van der Waals surface area contributed by atoms with Crippen molar-refractivity contribution in [2.24, 2.45) is 0 Å². The lowest BCUT2D eigenvalue weighted by Gasteiger charge is -2.17. The standard InChI is InChI=1S/C15H16F2N2O2S/c1-9(11-3-2-4-12(16)14(11)17)19-15(21)18-7-13(20)10-5-6-22-8-10/h2-6,8-9,13,20H,7H2,1H3,(H2,18,19,21). The smallest absolute Gasteiger partial charge is 0.315 e. The van der Waals surface area contributed by atoms with Crippen molar-refractivity contribution < 1.29 is 18.7 Å². The zero-order valence-corrected chi connectivity index (χ0v) is 12.7. The summed E-state index contributed by atoms with van der Waals surface area (Å²) in [6.07, 6.45) is -0.807. The number of amides is 2. The molecule has 2 rings (SSSR count). The Kier molecular flexibility index (Phi) is 5.46. The lowest BCUT2D eigenvalue weighted by molar-refractivity contribution is 0.173. The topological polar surface area (TPSA) is 61.4 Å². The maximum Gasteiger partial charge on any atom is 0.315 e. The van der Waals surface area contributed by atoms with Crippen molar-refractivity contribution in [3.63, 3.8) is 0 Å². The second-order valence-electron chi connectivity index (χ2n) is 4.79. The van der Waals surface area contributed by atoms with E-state index in [0.717, 1.165) is 11.6 Å². The van der Waals surface area contributed by atoms with Gasteiger partial charge >= 0.3 is 6.03 Å². The summed E-state index contributed by atoms with van der Waals surface area (Å²) in [4.78, 5) is 11.8. The first-order valence-corrected chi connectivity index (χ1v) is 7.61. The van der Waals surface area contributed by atoms with Crippen molar-refractivity contribution in [1.82, 2.24) is 10.6 Å². The van der Waals surface area contributed by atoms with Crippen LogP contribution in [0.2, 0.25) is 0 Å². The fourth-order valence-electron chi connectivity index (χ4n) is 1.95. The van der Waals surface area contributed by atoms with E-state index in [0.29, 0.717) is 0 Å². The molecule has 4 nitrogen and oxygen atoms in total. The number of nitrogens with one attached hydrogen (secondary N) is 2. The number of hydrogen-bond donors (Lipinski definition) is 3. The molecule has 7 heteroatoms. The first kappa shape index (κ1) is 16.4. The molecular weight excluding hydrogens is 310 g/mol. The van der Waals surface area contributed by atoms with Crippen LogP contribution in [0.15, 0.2) is 35.0 Å². The summed E-state index contributed by atoms with van der Waals surface area (Å²) >= 11 is 1.45. The van der Waals surface area contributed by atoms with Crippen molar-refractivity contribution in [3.05, 3.63) is 57.8 Å². The van der Waals surface area contributed by atoms with Gasteiger partial charge in [0.15, 0.2) is 11.6 Å². The van der Waals surface area contributed by atoms with E-state index in [2.05, 4.69) is 10.6 Å². The van der Waals surface area contributed by atoms with Gasteiger partial charge in [-0.1, -0.05) is 12.1 Å². The molecule has 0 aliphatic rings. The Morgan fingerprint density at radius 3 is 2.82 bits per heavy atom. The van der Waals surface area contributed by atoms with Gasteiger partial charge in [0.05, 0.1) is 12.1 Å². The summed E-state index contributed by atoms with van der Waals surface area (Å²) in [5, 5.41) is 18.5. The number of hydrogen-bond acceptors (Lipinski definition) is 3. The average Bonchev–Trinajstić information content (AvgIpc) is 3.01. The van der Waals surface area contributed by atoms with Gasteiger partial charge in [-0.25, -0.2) is 13.6 Å². The van der Waals surface area contributed by atoms with E-state index < -0.39 is 29.8 Å². The van der Waals surface area contributed by atoms with Crippen molar-refractivity contribution in [3.8, 4) is 0 Å². The molecule has 2 unspecified atom stereocenters. The molecule has 2 amide bonds. The number of urea groups is 1. The van der Waals surface area contributed by atoms with E-state index in [4.69, 9.17) is 0 Å². The van der Waals surface area contributed by atoms with Gasteiger partial charge in [0, 0.05) is 12.1 Å². The van der Waals surface area contributed by atoms with E-state index >= 15 is 0 Å². The Hall–Kier alpha value is -1.99. The Morgan fingerprint density at radius 1 is 1.36 bits per heavy atom. The molecule has 2 atom stereocenters. The summed E-state index contributed by atoms with van der Waals surface area (Å²) in [7, 11) is 0. The summed E-state index contributed by atoms with van der Waals surface area (Å²) in [6.45, 7) is 1.58. The van der Waals surface area contributed by atoms with Crippen LogP contribution in [0.25, 0.3) is 0 Å². The molecule has 0 aliphatic carbocycles. The number of thiophene rings is 1. The summed E-state index contributed by atoms with van der Waals surface area (Å²) in [5.74, 6) is -1.94. The lowest BCUT2D eigenvalue weighted by Crippen LogP contribution is -2.39. The highest BCUT2D eigenvalue weighted by Crippen LogP contribution is 2.19. The summed E-state index contributed by atoms with van der Waals surface area (Å²) in [5.41, 5.74) is 0.781. The monoisotopic (exact) mass is 326 g/mol. The predicted molar refractivity (Wildman–Crippen MR) is 80.6 cm³/mol. The quantitative estimate of drug-likeness (QED) is 0.790. The van der Waals surface area contributed by atoms with Crippen molar-refractivity contribution >= 4 is 17.4 Å². The molecular formula is C15H16F2N2O2S. The third-order valence-corrected chi connectivity index (χ3v) is 3.88. The first-order chi connectivity index (χ1) is 10.5. The molecule has 118 valence electrons. The minimum Gasteiger partial charge on any atom is -0.387 e. The van der Waals surface area contributed by atoms with Crippen LogP contribution in [0.5, 0.6) is 0 Å². The van der Waals surface area contributed by atoms with Crippen LogP contribution in [-0.2, 0) is 0 Å². The van der Waals surface area contributed by atoms with Gasteiger partial charge < -0.3 is 15.7 Å². The maximum atomic E-state index is 13.6. The normalized spacial score (nSPS) is 13.5.